The van der Waals surface area contributed by atoms with Crippen LogP contribution in [0.25, 0.3) is 0 Å². The average molecular weight is 546 g/mol. The Bertz CT molecular complexity index is 1140. The summed E-state index contributed by atoms with van der Waals surface area (Å²) in [4.78, 5) is 18.8. The van der Waals surface area contributed by atoms with E-state index in [0.29, 0.717) is 37.1 Å². The number of hydrogen-bond acceptors (Lipinski definition) is 2. The predicted octanol–water partition coefficient (Wildman–Crippen LogP) is 7.20. The zero-order valence-electron chi connectivity index (χ0n) is 21.3. The Balaban J connectivity index is 1.65. The number of hydrogen-bond donors (Lipinski definition) is 0. The van der Waals surface area contributed by atoms with Crippen LogP contribution in [0.4, 0.5) is 35.5 Å². The molecule has 0 saturated carbocycles. The predicted molar refractivity (Wildman–Crippen MR) is 128 cm³/mol. The number of halogens is 7. The van der Waals surface area contributed by atoms with E-state index in [2.05, 4.69) is 4.90 Å². The Labute approximate surface area is 217 Å². The van der Waals surface area contributed by atoms with Crippen LogP contribution in [0.15, 0.2) is 36.4 Å². The maximum Gasteiger partial charge on any atom is 0.416 e. The Morgan fingerprint density at radius 3 is 2.08 bits per heavy atom. The molecule has 38 heavy (non-hydrogen) atoms. The molecule has 0 spiro atoms. The van der Waals surface area contributed by atoms with Crippen molar-refractivity contribution in [3.63, 3.8) is 0 Å². The van der Waals surface area contributed by atoms with E-state index in [1.165, 1.54) is 31.0 Å². The van der Waals surface area contributed by atoms with Gasteiger partial charge in [0.05, 0.1) is 23.2 Å². The number of carbonyl (C=O) groups excluding carboxylic acids is 1. The third-order valence-electron chi connectivity index (χ3n) is 7.79. The molecule has 3 atom stereocenters. The van der Waals surface area contributed by atoms with Crippen molar-refractivity contribution in [2.24, 2.45) is 0 Å². The van der Waals surface area contributed by atoms with E-state index >= 15 is 0 Å². The monoisotopic (exact) mass is 545 g/mol. The molecule has 2 aliphatic rings. The van der Waals surface area contributed by atoms with E-state index in [0.717, 1.165) is 25.1 Å². The van der Waals surface area contributed by atoms with Crippen LogP contribution in [0.3, 0.4) is 0 Å². The normalized spacial score (nSPS) is 21.7. The zero-order chi connectivity index (χ0) is 28.0. The Morgan fingerprint density at radius 2 is 1.58 bits per heavy atom. The molecule has 4 rings (SSSR count). The van der Waals surface area contributed by atoms with Crippen LogP contribution in [0.2, 0.25) is 0 Å². The van der Waals surface area contributed by atoms with Crippen LogP contribution < -0.4 is 0 Å². The maximum absolute atomic E-state index is 13.8. The molecule has 2 saturated heterocycles. The van der Waals surface area contributed by atoms with Gasteiger partial charge in [0, 0.05) is 19.6 Å². The lowest BCUT2D eigenvalue weighted by atomic mass is 9.87. The zero-order valence-corrected chi connectivity index (χ0v) is 21.3. The van der Waals surface area contributed by atoms with Crippen molar-refractivity contribution in [3.05, 3.63) is 70.0 Å². The van der Waals surface area contributed by atoms with Crippen LogP contribution in [0, 0.1) is 12.7 Å². The van der Waals surface area contributed by atoms with Crippen LogP contribution >= 0.6 is 0 Å². The van der Waals surface area contributed by atoms with Crippen molar-refractivity contribution in [2.45, 2.75) is 63.6 Å². The fraction of sp³-hybridized carbons (Fsp3) is 0.519. The van der Waals surface area contributed by atoms with Crippen LogP contribution in [0.1, 0.15) is 66.1 Å². The molecule has 0 N–H and O–H groups in total. The van der Waals surface area contributed by atoms with Gasteiger partial charge >= 0.3 is 18.4 Å². The van der Waals surface area contributed by atoms with E-state index in [1.54, 1.807) is 17.9 Å². The summed E-state index contributed by atoms with van der Waals surface area (Å²) >= 11 is 0. The molecule has 4 nitrogen and oxygen atoms in total. The molecule has 11 heteroatoms. The van der Waals surface area contributed by atoms with Gasteiger partial charge in [0.25, 0.3) is 0 Å². The summed E-state index contributed by atoms with van der Waals surface area (Å²) < 4.78 is 94.3. The first-order valence-corrected chi connectivity index (χ1v) is 12.5. The summed E-state index contributed by atoms with van der Waals surface area (Å²) in [6.07, 6.45) is -7.59. The molecular formula is C27H30F7N3O. The van der Waals surface area contributed by atoms with Gasteiger partial charge in [-0.25, -0.2) is 9.18 Å². The first-order chi connectivity index (χ1) is 17.7. The van der Waals surface area contributed by atoms with E-state index in [4.69, 9.17) is 0 Å². The van der Waals surface area contributed by atoms with Crippen molar-refractivity contribution >= 4 is 6.03 Å². The Morgan fingerprint density at radius 1 is 0.974 bits per heavy atom. The topological polar surface area (TPSA) is 26.8 Å². The van der Waals surface area contributed by atoms with Crippen molar-refractivity contribution in [1.29, 1.82) is 0 Å². The number of amides is 2. The van der Waals surface area contributed by atoms with Gasteiger partial charge in [0.2, 0.25) is 0 Å². The molecule has 2 fully saturated rings. The van der Waals surface area contributed by atoms with Crippen LogP contribution in [0.5, 0.6) is 0 Å². The standard InChI is InChI=1S/C27H30F7N3O/c1-16-11-21(28)5-6-23(16)24-15-22(36-8-4-9-36)7-10-37(24)25(38)35(3)17(2)18-12-19(26(29,30)31)14-20(13-18)27(32,33)34/h5-6,11-14,17,22,24H,4,7-10,15H2,1-3H3/t17-,22-,24-/m1/s1. The number of benzene rings is 2. The number of rotatable bonds is 4. The molecule has 0 aliphatic carbocycles. The van der Waals surface area contributed by atoms with Crippen LogP contribution in [-0.4, -0.2) is 53.5 Å². The van der Waals surface area contributed by atoms with E-state index in [-0.39, 0.29) is 17.7 Å². The van der Waals surface area contributed by atoms with Gasteiger partial charge in [-0.15, -0.1) is 0 Å². The third kappa shape index (κ3) is 5.77. The summed E-state index contributed by atoms with van der Waals surface area (Å²) in [5.41, 5.74) is -1.69. The molecule has 0 bridgehead atoms. The summed E-state index contributed by atoms with van der Waals surface area (Å²) in [7, 11) is 1.37. The van der Waals surface area contributed by atoms with E-state index < -0.39 is 47.4 Å². The highest BCUT2D eigenvalue weighted by Crippen LogP contribution is 2.40. The van der Waals surface area contributed by atoms with Crippen molar-refractivity contribution in [3.8, 4) is 0 Å². The lowest BCUT2D eigenvalue weighted by Gasteiger charge is -2.48. The molecule has 2 aromatic carbocycles. The summed E-state index contributed by atoms with van der Waals surface area (Å²) in [5.74, 6) is -0.407. The second kappa shape index (κ2) is 10.4. The van der Waals surface area contributed by atoms with E-state index in [1.807, 2.05) is 0 Å². The molecule has 2 amide bonds. The molecule has 2 heterocycles. The SMILES string of the molecule is Cc1cc(F)ccc1[C@H]1C[C@H](N2CCC2)CCN1C(=O)N(C)[C@H](C)c1cc(C(F)(F)F)cc(C(F)(F)F)c1. The largest absolute Gasteiger partial charge is 0.416 e. The summed E-state index contributed by atoms with van der Waals surface area (Å²) in [5, 5.41) is 0. The minimum atomic E-state index is -4.98. The lowest BCUT2D eigenvalue weighted by Crippen LogP contribution is -2.54. The minimum Gasteiger partial charge on any atom is -0.321 e. The molecule has 0 radical (unpaired) electrons. The molecule has 208 valence electrons. The van der Waals surface area contributed by atoms with Crippen molar-refractivity contribution in [1.82, 2.24) is 14.7 Å². The molecule has 0 aromatic heterocycles. The Hall–Kier alpha value is -2.82. The fourth-order valence-electron chi connectivity index (χ4n) is 5.33. The highest BCUT2D eigenvalue weighted by Gasteiger charge is 2.40. The number of aryl methyl sites for hydroxylation is 1. The molecule has 2 aromatic rings. The molecule has 0 unspecified atom stereocenters. The fourth-order valence-corrected chi connectivity index (χ4v) is 5.33. The van der Waals surface area contributed by atoms with Gasteiger partial charge in [-0.2, -0.15) is 26.3 Å². The van der Waals surface area contributed by atoms with Gasteiger partial charge in [0.15, 0.2) is 0 Å². The number of likely N-dealkylation sites (tertiary alicyclic amines) is 2. The van der Waals surface area contributed by atoms with Gasteiger partial charge < -0.3 is 14.7 Å². The minimum absolute atomic E-state index is 0.0753. The second-order valence-corrected chi connectivity index (χ2v) is 10.2. The lowest BCUT2D eigenvalue weighted by molar-refractivity contribution is -0.143. The van der Waals surface area contributed by atoms with Crippen molar-refractivity contribution in [2.75, 3.05) is 26.7 Å². The van der Waals surface area contributed by atoms with Crippen molar-refractivity contribution < 1.29 is 35.5 Å². The number of nitrogens with zero attached hydrogens (tertiary/aromatic N) is 3. The quantitative estimate of drug-likeness (QED) is 0.380. The number of piperidine rings is 1. The van der Waals surface area contributed by atoms with Gasteiger partial charge in [0.1, 0.15) is 5.82 Å². The number of urea groups is 1. The average Bonchev–Trinajstić information content (AvgIpc) is 2.80. The first-order valence-electron chi connectivity index (χ1n) is 12.5. The highest BCUT2D eigenvalue weighted by atomic mass is 19.4. The van der Waals surface area contributed by atoms with Gasteiger partial charge in [-0.3, -0.25) is 0 Å². The van der Waals surface area contributed by atoms with Gasteiger partial charge in [-0.1, -0.05) is 6.07 Å². The van der Waals surface area contributed by atoms with Gasteiger partial charge in [-0.05, 0) is 93.2 Å². The smallest absolute Gasteiger partial charge is 0.321 e. The molecular weight excluding hydrogens is 515 g/mol. The van der Waals surface area contributed by atoms with Crippen LogP contribution in [-0.2, 0) is 12.4 Å². The molecule has 2 aliphatic heterocycles. The highest BCUT2D eigenvalue weighted by molar-refractivity contribution is 5.75. The third-order valence-corrected chi connectivity index (χ3v) is 7.79. The second-order valence-electron chi connectivity index (χ2n) is 10.2. The first kappa shape index (κ1) is 28.2. The maximum atomic E-state index is 13.8. The summed E-state index contributed by atoms with van der Waals surface area (Å²) in [6.45, 7) is 5.43. The Kier molecular flexibility index (Phi) is 7.71. The number of carbonyl (C=O) groups is 1. The summed E-state index contributed by atoms with van der Waals surface area (Å²) in [6, 6.07) is 3.96. The number of alkyl halides is 6. The van der Waals surface area contributed by atoms with E-state index in [9.17, 15) is 35.5 Å².